The fourth-order valence-corrected chi connectivity index (χ4v) is 6.87. The van der Waals surface area contributed by atoms with Gasteiger partial charge in [0.25, 0.3) is 0 Å². The number of carbonyl (C=O) groups is 2. The largest absolute Gasteiger partial charge is 0.481 e. The molecule has 4 heteroatoms. The Balaban J connectivity index is 1.48. The molecule has 0 heterocycles. The molecule has 3 saturated carbocycles. The van der Waals surface area contributed by atoms with Crippen molar-refractivity contribution < 1.29 is 19.8 Å². The molecule has 2 N–H and O–H groups in total. The molecule has 0 spiro atoms. The second kappa shape index (κ2) is 6.54. The highest BCUT2D eigenvalue weighted by Crippen LogP contribution is 2.61. The molecule has 4 aliphatic carbocycles. The van der Waals surface area contributed by atoms with Crippen molar-refractivity contribution in [3.8, 4) is 0 Å². The van der Waals surface area contributed by atoms with Crippen LogP contribution in [0.2, 0.25) is 0 Å². The highest BCUT2D eigenvalue weighted by molar-refractivity contribution is 5.71. The minimum atomic E-state index is -0.727. The van der Waals surface area contributed by atoms with E-state index in [4.69, 9.17) is 5.11 Å². The number of aliphatic carboxylic acids is 2. The Morgan fingerprint density at radius 1 is 1.04 bits per heavy atom. The van der Waals surface area contributed by atoms with Crippen molar-refractivity contribution in [2.45, 2.75) is 64.7 Å². The van der Waals surface area contributed by atoms with Crippen LogP contribution >= 0.6 is 0 Å². The fraction of sp³-hybridized carbons (Fsp3) is 0.727. The summed E-state index contributed by atoms with van der Waals surface area (Å²) in [6, 6.07) is 0. The molecule has 26 heavy (non-hydrogen) atoms. The van der Waals surface area contributed by atoms with Crippen molar-refractivity contribution in [2.75, 3.05) is 0 Å². The van der Waals surface area contributed by atoms with Crippen LogP contribution in [-0.4, -0.2) is 22.2 Å². The molecule has 4 nitrogen and oxygen atoms in total. The van der Waals surface area contributed by atoms with Crippen LogP contribution in [0.3, 0.4) is 0 Å². The summed E-state index contributed by atoms with van der Waals surface area (Å²) in [5, 5.41) is 18.4. The first-order chi connectivity index (χ1) is 12.4. The maximum absolute atomic E-state index is 11.2. The summed E-state index contributed by atoms with van der Waals surface area (Å²) in [6.07, 6.45) is 12.8. The zero-order valence-electron chi connectivity index (χ0n) is 15.6. The van der Waals surface area contributed by atoms with E-state index in [-0.39, 0.29) is 11.8 Å². The van der Waals surface area contributed by atoms with Crippen molar-refractivity contribution >= 4 is 11.9 Å². The molecule has 142 valence electrons. The van der Waals surface area contributed by atoms with E-state index in [2.05, 4.69) is 19.1 Å². The Bertz CT molecular complexity index is 676. The lowest BCUT2D eigenvalue weighted by Crippen LogP contribution is -2.45. The lowest BCUT2D eigenvalue weighted by Gasteiger charge is -2.54. The maximum atomic E-state index is 11.2. The van der Waals surface area contributed by atoms with Gasteiger partial charge in [-0.3, -0.25) is 9.59 Å². The average molecular weight is 358 g/mol. The van der Waals surface area contributed by atoms with E-state index < -0.39 is 11.9 Å². The van der Waals surface area contributed by atoms with Gasteiger partial charge in [-0.2, -0.15) is 0 Å². The van der Waals surface area contributed by atoms with Gasteiger partial charge in [0.15, 0.2) is 0 Å². The van der Waals surface area contributed by atoms with Gasteiger partial charge in [-0.25, -0.2) is 0 Å². The van der Waals surface area contributed by atoms with Crippen molar-refractivity contribution in [1.29, 1.82) is 0 Å². The first-order valence-corrected chi connectivity index (χ1v) is 10.2. The molecule has 4 aliphatic rings. The van der Waals surface area contributed by atoms with E-state index in [0.717, 1.165) is 36.7 Å². The van der Waals surface area contributed by atoms with Crippen molar-refractivity contribution in [3.05, 3.63) is 23.3 Å². The van der Waals surface area contributed by atoms with E-state index >= 15 is 0 Å². The molecular formula is C22H30O4. The second-order valence-electron chi connectivity index (χ2n) is 9.30. The van der Waals surface area contributed by atoms with Gasteiger partial charge < -0.3 is 10.2 Å². The van der Waals surface area contributed by atoms with Crippen LogP contribution in [0.1, 0.15) is 64.7 Å². The molecule has 0 saturated heterocycles. The van der Waals surface area contributed by atoms with Crippen molar-refractivity contribution in [2.24, 2.45) is 35.0 Å². The fourth-order valence-electron chi connectivity index (χ4n) is 6.87. The van der Waals surface area contributed by atoms with Gasteiger partial charge in [0, 0.05) is 11.8 Å². The van der Waals surface area contributed by atoms with Crippen molar-refractivity contribution in [1.82, 2.24) is 0 Å². The maximum Gasteiger partial charge on any atom is 0.307 e. The molecule has 0 aromatic carbocycles. The molecule has 0 aliphatic heterocycles. The smallest absolute Gasteiger partial charge is 0.307 e. The average Bonchev–Trinajstić information content (AvgIpc) is 2.90. The summed E-state index contributed by atoms with van der Waals surface area (Å²) in [5.74, 6) is 1.76. The summed E-state index contributed by atoms with van der Waals surface area (Å²) in [5.41, 5.74) is 2.55. The summed E-state index contributed by atoms with van der Waals surface area (Å²) in [6.45, 7) is 2.26. The Hall–Kier alpha value is -1.58. The molecule has 2 unspecified atom stereocenters. The number of hydrogen-bond acceptors (Lipinski definition) is 2. The highest BCUT2D eigenvalue weighted by Gasteiger charge is 2.51. The lowest BCUT2D eigenvalue weighted by atomic mass is 9.51. The topological polar surface area (TPSA) is 74.6 Å². The third kappa shape index (κ3) is 2.91. The summed E-state index contributed by atoms with van der Waals surface area (Å²) in [7, 11) is 0. The Kier molecular flexibility index (Phi) is 4.48. The highest BCUT2D eigenvalue weighted by atomic mass is 16.4. The number of fused-ring (bicyclic) bond motifs is 5. The zero-order chi connectivity index (χ0) is 18.5. The standard InChI is InChI=1S/C22H30O4/c1-22-9-8-17-16-5-2-13(11-20(23)24)10-14(16)3-6-18(17)19(22)7-4-15(22)12-21(25)26/h4,7,13-14,16-18H,2-3,5-6,8-12H2,1H3,(H,23,24)(H,25,26)/t13?,14?,16-,17+,18+,22+/m0/s1. The van der Waals surface area contributed by atoms with E-state index in [0.29, 0.717) is 24.2 Å². The number of carboxylic acid groups (broad SMARTS) is 2. The van der Waals surface area contributed by atoms with Crippen molar-refractivity contribution in [3.63, 3.8) is 0 Å². The van der Waals surface area contributed by atoms with Crippen LogP contribution in [0, 0.1) is 35.0 Å². The van der Waals surface area contributed by atoms with E-state index in [1.165, 1.54) is 31.3 Å². The second-order valence-corrected chi connectivity index (χ2v) is 9.30. The first kappa shape index (κ1) is 17.8. The van der Waals surface area contributed by atoms with Gasteiger partial charge in [0.1, 0.15) is 0 Å². The van der Waals surface area contributed by atoms with Gasteiger partial charge in [0.2, 0.25) is 0 Å². The minimum absolute atomic E-state index is 0.0348. The van der Waals surface area contributed by atoms with E-state index in [1.54, 1.807) is 0 Å². The predicted octanol–water partition coefficient (Wildman–Crippen LogP) is 4.66. The van der Waals surface area contributed by atoms with Gasteiger partial charge in [-0.15, -0.1) is 0 Å². The molecule has 0 aromatic heterocycles. The molecule has 0 amide bonds. The van der Waals surface area contributed by atoms with Crippen LogP contribution in [-0.2, 0) is 9.59 Å². The zero-order valence-corrected chi connectivity index (χ0v) is 15.6. The summed E-state index contributed by atoms with van der Waals surface area (Å²) >= 11 is 0. The van der Waals surface area contributed by atoms with Gasteiger partial charge >= 0.3 is 11.9 Å². The monoisotopic (exact) mass is 358 g/mol. The molecule has 0 bridgehead atoms. The number of hydrogen-bond donors (Lipinski definition) is 2. The van der Waals surface area contributed by atoms with E-state index in [1.807, 2.05) is 0 Å². The van der Waals surface area contributed by atoms with Gasteiger partial charge in [0.05, 0.1) is 6.42 Å². The van der Waals surface area contributed by atoms with Crippen LogP contribution < -0.4 is 0 Å². The third-order valence-corrected chi connectivity index (χ3v) is 8.06. The number of carboxylic acids is 2. The molecule has 0 aromatic rings. The Morgan fingerprint density at radius 3 is 2.58 bits per heavy atom. The number of rotatable bonds is 4. The predicted molar refractivity (Wildman–Crippen MR) is 98.5 cm³/mol. The van der Waals surface area contributed by atoms with E-state index in [9.17, 15) is 14.7 Å². The quantitative estimate of drug-likeness (QED) is 0.766. The SMILES string of the molecule is C[C@]12CC[C@H]3[C@@H](CCC4CC(CC(=O)O)CC[C@@H]43)C1=CC=C2CC(=O)O. The molecule has 4 rings (SSSR count). The van der Waals surface area contributed by atoms with Crippen LogP contribution in [0.5, 0.6) is 0 Å². The van der Waals surface area contributed by atoms with Crippen LogP contribution in [0.15, 0.2) is 23.3 Å². The Labute approximate surface area is 155 Å². The number of allylic oxidation sites excluding steroid dienone is 3. The molecule has 3 fully saturated rings. The van der Waals surface area contributed by atoms with Gasteiger partial charge in [-0.1, -0.05) is 24.6 Å². The molecule has 6 atom stereocenters. The van der Waals surface area contributed by atoms with Gasteiger partial charge in [-0.05, 0) is 80.1 Å². The summed E-state index contributed by atoms with van der Waals surface area (Å²) in [4.78, 5) is 22.3. The van der Waals surface area contributed by atoms with Crippen LogP contribution in [0.25, 0.3) is 0 Å². The Morgan fingerprint density at radius 2 is 1.85 bits per heavy atom. The summed E-state index contributed by atoms with van der Waals surface area (Å²) < 4.78 is 0. The van der Waals surface area contributed by atoms with Crippen LogP contribution in [0.4, 0.5) is 0 Å². The molecular weight excluding hydrogens is 328 g/mol. The lowest BCUT2D eigenvalue weighted by molar-refractivity contribution is -0.139. The third-order valence-electron chi connectivity index (χ3n) is 8.06. The normalized spacial score (nSPS) is 41.3. The minimum Gasteiger partial charge on any atom is -0.481 e. The molecule has 0 radical (unpaired) electrons. The first-order valence-electron chi connectivity index (χ1n) is 10.2.